The Morgan fingerprint density at radius 3 is 2.47 bits per heavy atom. The molecule has 32 heavy (non-hydrogen) atoms. The van der Waals surface area contributed by atoms with E-state index >= 15 is 0 Å². The van der Waals surface area contributed by atoms with Gasteiger partial charge >= 0.3 is 0 Å². The van der Waals surface area contributed by atoms with Gasteiger partial charge in [0, 0.05) is 18.7 Å². The minimum absolute atomic E-state index is 0.0825. The molecule has 2 atom stereocenters. The highest BCUT2D eigenvalue weighted by Crippen LogP contribution is 2.31. The fourth-order valence-corrected chi connectivity index (χ4v) is 3.90. The van der Waals surface area contributed by atoms with Gasteiger partial charge in [0.25, 0.3) is 5.91 Å². The van der Waals surface area contributed by atoms with E-state index < -0.39 is 0 Å². The maximum absolute atomic E-state index is 13.2. The first kappa shape index (κ1) is 23.6. The number of halogens is 1. The average Bonchev–Trinajstić information content (AvgIpc) is 2.80. The van der Waals surface area contributed by atoms with Crippen LogP contribution in [0.15, 0.2) is 42.5 Å². The third-order valence-electron chi connectivity index (χ3n) is 5.60. The van der Waals surface area contributed by atoms with Crippen LogP contribution in [0.4, 0.5) is 4.39 Å². The maximum atomic E-state index is 13.2. The Bertz CT molecular complexity index is 932. The van der Waals surface area contributed by atoms with Crippen LogP contribution in [0, 0.1) is 11.7 Å². The number of carbonyl (C=O) groups excluding carboxylic acids is 2. The van der Waals surface area contributed by atoms with Gasteiger partial charge in [0.2, 0.25) is 5.91 Å². The highest BCUT2D eigenvalue weighted by Gasteiger charge is 2.29. The SMILES string of the molecule is CCOc1ccc(C(C)NC(=O)C2CCCN(C(=O)c3ccc(F)cc3)C2)cc1OCC. The lowest BCUT2D eigenvalue weighted by Gasteiger charge is -2.32. The molecule has 172 valence electrons. The second-order valence-electron chi connectivity index (χ2n) is 7.90. The van der Waals surface area contributed by atoms with Crippen molar-refractivity contribution in [1.29, 1.82) is 0 Å². The van der Waals surface area contributed by atoms with E-state index in [2.05, 4.69) is 5.32 Å². The number of rotatable bonds is 8. The Balaban J connectivity index is 1.64. The molecule has 1 heterocycles. The van der Waals surface area contributed by atoms with E-state index in [1.165, 1.54) is 24.3 Å². The van der Waals surface area contributed by atoms with Gasteiger partial charge in [-0.1, -0.05) is 6.07 Å². The standard InChI is InChI=1S/C25H31FN2O4/c1-4-31-22-13-10-19(15-23(22)32-5-2)17(3)27-24(29)20-7-6-14-28(16-20)25(30)18-8-11-21(26)12-9-18/h8-13,15,17,20H,4-7,14,16H2,1-3H3,(H,27,29). The summed E-state index contributed by atoms with van der Waals surface area (Å²) in [5.41, 5.74) is 1.35. The largest absolute Gasteiger partial charge is 0.490 e. The molecule has 0 bridgehead atoms. The van der Waals surface area contributed by atoms with Crippen LogP contribution in [0.25, 0.3) is 0 Å². The Morgan fingerprint density at radius 1 is 1.09 bits per heavy atom. The van der Waals surface area contributed by atoms with Gasteiger partial charge < -0.3 is 19.7 Å². The van der Waals surface area contributed by atoms with E-state index in [-0.39, 0.29) is 29.6 Å². The number of hydrogen-bond donors (Lipinski definition) is 1. The minimum atomic E-state index is -0.381. The number of nitrogens with zero attached hydrogens (tertiary/aromatic N) is 1. The molecule has 1 fully saturated rings. The molecule has 6 nitrogen and oxygen atoms in total. The van der Waals surface area contributed by atoms with Crippen LogP contribution in [0.5, 0.6) is 11.5 Å². The van der Waals surface area contributed by atoms with Crippen molar-refractivity contribution in [3.05, 3.63) is 59.4 Å². The average molecular weight is 443 g/mol. The lowest BCUT2D eigenvalue weighted by molar-refractivity contribution is -0.127. The number of likely N-dealkylation sites (tertiary alicyclic amines) is 1. The van der Waals surface area contributed by atoms with E-state index in [9.17, 15) is 14.0 Å². The first-order valence-corrected chi connectivity index (χ1v) is 11.2. The molecule has 0 aromatic heterocycles. The number of carbonyl (C=O) groups is 2. The molecule has 0 spiro atoms. The number of amides is 2. The van der Waals surface area contributed by atoms with Gasteiger partial charge in [-0.2, -0.15) is 0 Å². The van der Waals surface area contributed by atoms with Crippen LogP contribution in [-0.2, 0) is 4.79 Å². The fourth-order valence-electron chi connectivity index (χ4n) is 3.90. The molecule has 1 saturated heterocycles. The van der Waals surface area contributed by atoms with Gasteiger partial charge in [0.05, 0.1) is 25.2 Å². The highest BCUT2D eigenvalue weighted by atomic mass is 19.1. The molecule has 0 saturated carbocycles. The third-order valence-corrected chi connectivity index (χ3v) is 5.60. The molecule has 1 aliphatic heterocycles. The molecule has 2 aromatic rings. The Hall–Kier alpha value is -3.09. The predicted octanol–water partition coefficient (Wildman–Crippen LogP) is 4.35. The normalized spacial score (nSPS) is 16.9. The van der Waals surface area contributed by atoms with Crippen LogP contribution in [0.1, 0.15) is 55.6 Å². The van der Waals surface area contributed by atoms with Crippen LogP contribution in [0.2, 0.25) is 0 Å². The third kappa shape index (κ3) is 5.78. The van der Waals surface area contributed by atoms with Crippen molar-refractivity contribution in [2.45, 2.75) is 39.7 Å². The Labute approximate surface area is 188 Å². The van der Waals surface area contributed by atoms with Crippen molar-refractivity contribution >= 4 is 11.8 Å². The van der Waals surface area contributed by atoms with Gasteiger partial charge in [-0.3, -0.25) is 9.59 Å². The highest BCUT2D eigenvalue weighted by molar-refractivity contribution is 5.94. The van der Waals surface area contributed by atoms with Crippen molar-refractivity contribution in [3.8, 4) is 11.5 Å². The summed E-state index contributed by atoms with van der Waals surface area (Å²) in [5, 5.41) is 3.07. The zero-order valence-electron chi connectivity index (χ0n) is 18.9. The lowest BCUT2D eigenvalue weighted by atomic mass is 9.95. The number of benzene rings is 2. The molecule has 1 N–H and O–H groups in total. The van der Waals surface area contributed by atoms with Gasteiger partial charge in [0.15, 0.2) is 11.5 Å². The summed E-state index contributed by atoms with van der Waals surface area (Å²) in [4.78, 5) is 27.4. The zero-order chi connectivity index (χ0) is 23.1. The quantitative estimate of drug-likeness (QED) is 0.660. The molecule has 0 radical (unpaired) electrons. The number of piperidine rings is 1. The molecular formula is C25H31FN2O4. The molecule has 0 aliphatic carbocycles. The Kier molecular flexibility index (Phi) is 8.09. The van der Waals surface area contributed by atoms with Gasteiger partial charge in [0.1, 0.15) is 5.82 Å². The van der Waals surface area contributed by atoms with E-state index in [0.717, 1.165) is 18.4 Å². The van der Waals surface area contributed by atoms with E-state index in [0.29, 0.717) is 43.4 Å². The molecular weight excluding hydrogens is 411 g/mol. The monoisotopic (exact) mass is 442 g/mol. The van der Waals surface area contributed by atoms with E-state index in [4.69, 9.17) is 9.47 Å². The molecule has 2 aromatic carbocycles. The lowest BCUT2D eigenvalue weighted by Crippen LogP contribution is -2.45. The van der Waals surface area contributed by atoms with E-state index in [1.54, 1.807) is 4.90 Å². The van der Waals surface area contributed by atoms with Crippen molar-refractivity contribution in [2.75, 3.05) is 26.3 Å². The molecule has 2 amide bonds. The van der Waals surface area contributed by atoms with Crippen LogP contribution in [-0.4, -0.2) is 43.0 Å². The second kappa shape index (κ2) is 11.0. The topological polar surface area (TPSA) is 67.9 Å². The van der Waals surface area contributed by atoms with Gasteiger partial charge in [-0.15, -0.1) is 0 Å². The van der Waals surface area contributed by atoms with Crippen molar-refractivity contribution in [2.24, 2.45) is 5.92 Å². The summed E-state index contributed by atoms with van der Waals surface area (Å²) in [6.07, 6.45) is 1.47. The fraction of sp³-hybridized carbons (Fsp3) is 0.440. The second-order valence-corrected chi connectivity index (χ2v) is 7.90. The van der Waals surface area contributed by atoms with Crippen molar-refractivity contribution in [1.82, 2.24) is 10.2 Å². The summed E-state index contributed by atoms with van der Waals surface area (Å²) in [5.74, 6) is 0.405. The zero-order valence-corrected chi connectivity index (χ0v) is 18.9. The first-order valence-electron chi connectivity index (χ1n) is 11.2. The number of ether oxygens (including phenoxy) is 2. The minimum Gasteiger partial charge on any atom is -0.490 e. The molecule has 1 aliphatic rings. The maximum Gasteiger partial charge on any atom is 0.253 e. The van der Waals surface area contributed by atoms with Crippen LogP contribution < -0.4 is 14.8 Å². The summed E-state index contributed by atoms with van der Waals surface area (Å²) in [6.45, 7) is 7.75. The van der Waals surface area contributed by atoms with Crippen molar-refractivity contribution in [3.63, 3.8) is 0 Å². The summed E-state index contributed by atoms with van der Waals surface area (Å²) < 4.78 is 24.5. The summed E-state index contributed by atoms with van der Waals surface area (Å²) >= 11 is 0. The van der Waals surface area contributed by atoms with E-state index in [1.807, 2.05) is 39.0 Å². The van der Waals surface area contributed by atoms with Gasteiger partial charge in [-0.25, -0.2) is 4.39 Å². The van der Waals surface area contributed by atoms with Crippen molar-refractivity contribution < 1.29 is 23.5 Å². The van der Waals surface area contributed by atoms with Gasteiger partial charge in [-0.05, 0) is 75.6 Å². The van der Waals surface area contributed by atoms with Crippen LogP contribution in [0.3, 0.4) is 0 Å². The molecule has 2 unspecified atom stereocenters. The van der Waals surface area contributed by atoms with Crippen LogP contribution >= 0.6 is 0 Å². The first-order chi connectivity index (χ1) is 15.4. The summed E-state index contributed by atoms with van der Waals surface area (Å²) in [6, 6.07) is 11.0. The number of nitrogens with one attached hydrogen (secondary N) is 1. The number of hydrogen-bond acceptors (Lipinski definition) is 4. The Morgan fingerprint density at radius 2 is 1.78 bits per heavy atom. The smallest absolute Gasteiger partial charge is 0.253 e. The molecule has 3 rings (SSSR count). The summed E-state index contributed by atoms with van der Waals surface area (Å²) in [7, 11) is 0. The molecule has 7 heteroatoms. The predicted molar refractivity (Wildman–Crippen MR) is 120 cm³/mol.